The highest BCUT2D eigenvalue weighted by molar-refractivity contribution is 7.89. The first-order valence-corrected chi connectivity index (χ1v) is 9.74. The van der Waals surface area contributed by atoms with Crippen LogP contribution in [0.5, 0.6) is 11.5 Å². The number of carbonyl (C=O) groups excluding carboxylic acids is 1. The molecule has 1 heterocycles. The molecule has 0 fully saturated rings. The van der Waals surface area contributed by atoms with Crippen LogP contribution in [0.25, 0.3) is 0 Å². The third kappa shape index (κ3) is 4.81. The van der Waals surface area contributed by atoms with Gasteiger partial charge < -0.3 is 9.47 Å². The second kappa shape index (κ2) is 8.79. The number of benzene rings is 1. The van der Waals surface area contributed by atoms with Crippen molar-refractivity contribution in [3.05, 3.63) is 40.6 Å². The van der Waals surface area contributed by atoms with Crippen LogP contribution in [0.2, 0.25) is 0 Å². The van der Waals surface area contributed by atoms with Gasteiger partial charge in [0.25, 0.3) is 5.91 Å². The van der Waals surface area contributed by atoms with Gasteiger partial charge in [-0.1, -0.05) is 6.07 Å². The van der Waals surface area contributed by atoms with Crippen LogP contribution in [0.4, 0.5) is 0 Å². The highest BCUT2D eigenvalue weighted by atomic mass is 32.2. The molecule has 2 aromatic rings. The molecule has 1 amide bonds. The smallest absolute Gasteiger partial charge is 0.255 e. The second-order valence-electron chi connectivity index (χ2n) is 5.09. The summed E-state index contributed by atoms with van der Waals surface area (Å²) in [6.07, 6.45) is 1.49. The van der Waals surface area contributed by atoms with Crippen molar-refractivity contribution in [1.29, 1.82) is 0 Å². The fourth-order valence-corrected chi connectivity index (χ4v) is 3.89. The van der Waals surface area contributed by atoms with Crippen LogP contribution >= 0.6 is 11.3 Å². The van der Waals surface area contributed by atoms with Crippen molar-refractivity contribution < 1.29 is 22.7 Å². The van der Waals surface area contributed by atoms with E-state index in [4.69, 9.17) is 9.47 Å². The molecule has 0 atom stereocenters. The van der Waals surface area contributed by atoms with Crippen LogP contribution in [0.15, 0.2) is 45.7 Å². The van der Waals surface area contributed by atoms with Gasteiger partial charge in [0.15, 0.2) is 0 Å². The van der Waals surface area contributed by atoms with E-state index < -0.39 is 22.5 Å². The van der Waals surface area contributed by atoms with Gasteiger partial charge in [0.05, 0.1) is 27.0 Å². The number of likely N-dealkylation sites (N-methyl/N-ethyl adjacent to an activating group) is 1. The molecule has 1 aromatic heterocycles. The van der Waals surface area contributed by atoms with Gasteiger partial charge in [0, 0.05) is 18.0 Å². The maximum Gasteiger partial charge on any atom is 0.255 e. The van der Waals surface area contributed by atoms with E-state index in [1.54, 1.807) is 6.07 Å². The predicted molar refractivity (Wildman–Crippen MR) is 99.4 cm³/mol. The van der Waals surface area contributed by atoms with Crippen molar-refractivity contribution in [2.24, 2.45) is 5.10 Å². The summed E-state index contributed by atoms with van der Waals surface area (Å²) in [6.45, 7) is -0.398. The molecule has 140 valence electrons. The predicted octanol–water partition coefficient (Wildman–Crippen LogP) is 1.54. The second-order valence-corrected chi connectivity index (χ2v) is 8.08. The fourth-order valence-electron chi connectivity index (χ4n) is 2.01. The van der Waals surface area contributed by atoms with Gasteiger partial charge in [-0.05, 0) is 23.6 Å². The largest absolute Gasteiger partial charge is 0.497 e. The zero-order valence-corrected chi connectivity index (χ0v) is 16.1. The van der Waals surface area contributed by atoms with Crippen LogP contribution in [-0.2, 0) is 14.8 Å². The summed E-state index contributed by atoms with van der Waals surface area (Å²) in [5, 5.41) is 5.68. The average molecular weight is 397 g/mol. The lowest BCUT2D eigenvalue weighted by atomic mass is 10.3. The molecular formula is C16H19N3O5S2. The molecular weight excluding hydrogens is 378 g/mol. The summed E-state index contributed by atoms with van der Waals surface area (Å²) in [6, 6.07) is 8.12. The van der Waals surface area contributed by atoms with Gasteiger partial charge in [-0.15, -0.1) is 11.3 Å². The maximum atomic E-state index is 12.7. The molecule has 1 N–H and O–H groups in total. The third-order valence-electron chi connectivity index (χ3n) is 3.35. The molecule has 0 spiro atoms. The number of sulfonamides is 1. The third-order valence-corrected chi connectivity index (χ3v) is 5.98. The summed E-state index contributed by atoms with van der Waals surface area (Å²) in [5.41, 5.74) is 2.30. The minimum absolute atomic E-state index is 0.0864. The van der Waals surface area contributed by atoms with Crippen molar-refractivity contribution >= 4 is 33.5 Å². The lowest BCUT2D eigenvalue weighted by Crippen LogP contribution is -2.36. The monoisotopic (exact) mass is 397 g/mol. The number of methoxy groups -OCH3 is 2. The topological polar surface area (TPSA) is 97.3 Å². The summed E-state index contributed by atoms with van der Waals surface area (Å²) in [5.74, 6) is -0.0395. The molecule has 0 aliphatic carbocycles. The van der Waals surface area contributed by atoms with Gasteiger partial charge in [-0.25, -0.2) is 13.8 Å². The number of ether oxygens (including phenoxy) is 2. The number of nitrogens with one attached hydrogen (secondary N) is 1. The van der Waals surface area contributed by atoms with Gasteiger partial charge in [0.1, 0.15) is 16.4 Å². The Labute approximate surface area is 156 Å². The molecule has 2 rings (SSSR count). The van der Waals surface area contributed by atoms with Crippen LogP contribution in [0, 0.1) is 0 Å². The van der Waals surface area contributed by atoms with E-state index in [-0.39, 0.29) is 10.6 Å². The Morgan fingerprint density at radius 1 is 1.31 bits per heavy atom. The van der Waals surface area contributed by atoms with Crippen LogP contribution in [0.1, 0.15) is 4.88 Å². The fraction of sp³-hybridized carbons (Fsp3) is 0.250. The van der Waals surface area contributed by atoms with Gasteiger partial charge in [-0.3, -0.25) is 4.79 Å². The standard InChI is InChI=1S/C16H19N3O5S2/c1-19(11-16(20)18-17-10-13-5-4-8-25-13)26(21,22)15-9-12(23-2)6-7-14(15)24-3/h4-10H,11H2,1-3H3,(H,18,20). The van der Waals surface area contributed by atoms with E-state index in [1.165, 1.54) is 51.0 Å². The van der Waals surface area contributed by atoms with Crippen LogP contribution in [0.3, 0.4) is 0 Å². The summed E-state index contributed by atoms with van der Waals surface area (Å²) in [7, 11) is 0.142. The van der Waals surface area contributed by atoms with E-state index in [2.05, 4.69) is 10.5 Å². The molecule has 10 heteroatoms. The van der Waals surface area contributed by atoms with E-state index in [1.807, 2.05) is 17.5 Å². The molecule has 0 saturated heterocycles. The maximum absolute atomic E-state index is 12.7. The molecule has 1 aromatic carbocycles. The number of carbonyl (C=O) groups is 1. The first kappa shape index (κ1) is 19.9. The minimum Gasteiger partial charge on any atom is -0.497 e. The van der Waals surface area contributed by atoms with Crippen molar-refractivity contribution in [3.63, 3.8) is 0 Å². The Kier molecular flexibility index (Phi) is 6.72. The lowest BCUT2D eigenvalue weighted by molar-refractivity contribution is -0.121. The van der Waals surface area contributed by atoms with Gasteiger partial charge in [0.2, 0.25) is 10.0 Å². The Balaban J connectivity index is 2.10. The van der Waals surface area contributed by atoms with E-state index >= 15 is 0 Å². The number of rotatable bonds is 8. The van der Waals surface area contributed by atoms with Gasteiger partial charge >= 0.3 is 0 Å². The number of nitrogens with zero attached hydrogens (tertiary/aromatic N) is 2. The molecule has 0 bridgehead atoms. The normalized spacial score (nSPS) is 11.7. The zero-order chi connectivity index (χ0) is 19.2. The molecule has 0 aliphatic rings. The van der Waals surface area contributed by atoms with Gasteiger partial charge in [-0.2, -0.15) is 9.41 Å². The first-order chi connectivity index (χ1) is 12.4. The molecule has 8 nitrogen and oxygen atoms in total. The quantitative estimate of drug-likeness (QED) is 0.538. The van der Waals surface area contributed by atoms with Crippen molar-refractivity contribution in [1.82, 2.24) is 9.73 Å². The summed E-state index contributed by atoms with van der Waals surface area (Å²) in [4.78, 5) is 12.7. The molecule has 26 heavy (non-hydrogen) atoms. The van der Waals surface area contributed by atoms with Crippen molar-refractivity contribution in [2.45, 2.75) is 4.90 Å². The number of hydrogen-bond acceptors (Lipinski definition) is 7. The number of hydrazone groups is 1. The Morgan fingerprint density at radius 2 is 2.08 bits per heavy atom. The number of thiophene rings is 1. The van der Waals surface area contributed by atoms with Crippen LogP contribution < -0.4 is 14.9 Å². The molecule has 0 unspecified atom stereocenters. The number of hydrogen-bond donors (Lipinski definition) is 1. The summed E-state index contributed by atoms with van der Waals surface area (Å²) < 4.78 is 36.6. The Hall–Kier alpha value is -2.43. The van der Waals surface area contributed by atoms with Crippen molar-refractivity contribution in [2.75, 3.05) is 27.8 Å². The average Bonchev–Trinajstić information content (AvgIpc) is 3.14. The highest BCUT2D eigenvalue weighted by Gasteiger charge is 2.27. The van der Waals surface area contributed by atoms with Crippen molar-refractivity contribution in [3.8, 4) is 11.5 Å². The SMILES string of the molecule is COc1ccc(OC)c(S(=O)(=O)N(C)CC(=O)NN=Cc2cccs2)c1. The van der Waals surface area contributed by atoms with E-state index in [0.29, 0.717) is 5.75 Å². The molecule has 0 radical (unpaired) electrons. The first-order valence-electron chi connectivity index (χ1n) is 7.42. The zero-order valence-electron chi connectivity index (χ0n) is 14.5. The summed E-state index contributed by atoms with van der Waals surface area (Å²) >= 11 is 1.46. The Bertz CT molecular complexity index is 879. The van der Waals surface area contributed by atoms with Crippen LogP contribution in [-0.4, -0.2) is 52.7 Å². The number of amides is 1. The minimum atomic E-state index is -3.96. The Morgan fingerprint density at radius 3 is 2.69 bits per heavy atom. The lowest BCUT2D eigenvalue weighted by Gasteiger charge is -2.18. The van der Waals surface area contributed by atoms with E-state index in [9.17, 15) is 13.2 Å². The van der Waals surface area contributed by atoms with E-state index in [0.717, 1.165) is 9.18 Å². The molecule has 0 aliphatic heterocycles. The molecule has 0 saturated carbocycles. The highest BCUT2D eigenvalue weighted by Crippen LogP contribution is 2.29.